The van der Waals surface area contributed by atoms with Crippen LogP contribution in [0.5, 0.6) is 0 Å². The molecule has 2 aromatic rings. The maximum atomic E-state index is 14.6. The minimum absolute atomic E-state index is 0.305. The summed E-state index contributed by atoms with van der Waals surface area (Å²) in [6, 6.07) is 8.09. The van der Waals surface area contributed by atoms with E-state index in [1.54, 1.807) is 24.4 Å². The van der Waals surface area contributed by atoms with Crippen molar-refractivity contribution in [3.8, 4) is 0 Å². The molecule has 0 aliphatic carbocycles. The van der Waals surface area contributed by atoms with Gasteiger partial charge in [0.15, 0.2) is 5.17 Å². The van der Waals surface area contributed by atoms with Crippen molar-refractivity contribution in [3.05, 3.63) is 53.5 Å². The number of ether oxygens (including phenoxy) is 1. The number of morpholine rings is 1. The van der Waals surface area contributed by atoms with Gasteiger partial charge in [-0.1, -0.05) is 11.8 Å². The number of aromatic nitrogens is 1. The van der Waals surface area contributed by atoms with Gasteiger partial charge < -0.3 is 20.7 Å². The lowest BCUT2D eigenvalue weighted by Gasteiger charge is -2.30. The number of carbonyl (C=O) groups is 1. The number of hydrogen-bond donors (Lipinski definition) is 2. The SMILES string of the molecule is CC1(c2cc(NC(=O)c3ccc(N4CCOCC4)nc3)ccc2F)CCSC(N)=N1. The zero-order chi connectivity index (χ0) is 21.1. The van der Waals surface area contributed by atoms with E-state index in [4.69, 9.17) is 10.5 Å². The van der Waals surface area contributed by atoms with E-state index in [1.165, 1.54) is 17.8 Å². The van der Waals surface area contributed by atoms with E-state index in [2.05, 4.69) is 20.2 Å². The van der Waals surface area contributed by atoms with Crippen molar-refractivity contribution >= 4 is 34.3 Å². The molecule has 0 radical (unpaired) electrons. The lowest BCUT2D eigenvalue weighted by molar-refractivity contribution is 0.102. The van der Waals surface area contributed by atoms with Gasteiger partial charge in [0.1, 0.15) is 11.6 Å². The Morgan fingerprint density at radius 1 is 1.30 bits per heavy atom. The number of nitrogens with two attached hydrogens (primary N) is 1. The van der Waals surface area contributed by atoms with E-state index < -0.39 is 5.54 Å². The smallest absolute Gasteiger partial charge is 0.257 e. The fourth-order valence-corrected chi connectivity index (χ4v) is 4.57. The first-order chi connectivity index (χ1) is 14.4. The topological polar surface area (TPSA) is 92.8 Å². The van der Waals surface area contributed by atoms with Crippen molar-refractivity contribution in [2.45, 2.75) is 18.9 Å². The molecule has 0 spiro atoms. The van der Waals surface area contributed by atoms with Crippen LogP contribution in [0.1, 0.15) is 29.3 Å². The summed E-state index contributed by atoms with van der Waals surface area (Å²) in [5, 5.41) is 3.28. The molecule has 0 saturated carbocycles. The van der Waals surface area contributed by atoms with Crippen LogP contribution in [0.15, 0.2) is 41.5 Å². The second-order valence-corrected chi connectivity index (χ2v) is 8.59. The van der Waals surface area contributed by atoms with Crippen molar-refractivity contribution in [1.29, 1.82) is 0 Å². The number of nitrogens with one attached hydrogen (secondary N) is 1. The highest BCUT2D eigenvalue weighted by Gasteiger charge is 2.32. The molecule has 4 rings (SSSR count). The van der Waals surface area contributed by atoms with Gasteiger partial charge in [-0.15, -0.1) is 0 Å². The van der Waals surface area contributed by atoms with Gasteiger partial charge in [0.05, 0.1) is 24.3 Å². The van der Waals surface area contributed by atoms with Gasteiger partial charge in [0, 0.05) is 36.3 Å². The van der Waals surface area contributed by atoms with E-state index in [9.17, 15) is 9.18 Å². The third-order valence-corrected chi connectivity index (χ3v) is 6.14. The quantitative estimate of drug-likeness (QED) is 0.776. The highest BCUT2D eigenvalue weighted by molar-refractivity contribution is 8.13. The fraction of sp³-hybridized carbons (Fsp3) is 0.381. The van der Waals surface area contributed by atoms with Gasteiger partial charge >= 0.3 is 0 Å². The first kappa shape index (κ1) is 20.6. The van der Waals surface area contributed by atoms with Gasteiger partial charge in [-0.2, -0.15) is 0 Å². The minimum atomic E-state index is -0.748. The number of benzene rings is 1. The van der Waals surface area contributed by atoms with Gasteiger partial charge in [0.2, 0.25) is 0 Å². The lowest BCUT2D eigenvalue weighted by Crippen LogP contribution is -2.36. The Hall–Kier alpha value is -2.65. The van der Waals surface area contributed by atoms with Gasteiger partial charge in [0.25, 0.3) is 5.91 Å². The van der Waals surface area contributed by atoms with Crippen LogP contribution < -0.4 is 16.0 Å². The fourth-order valence-electron chi connectivity index (χ4n) is 3.60. The molecule has 1 aromatic heterocycles. The van der Waals surface area contributed by atoms with Gasteiger partial charge in [-0.05, 0) is 43.7 Å². The summed E-state index contributed by atoms with van der Waals surface area (Å²) >= 11 is 1.46. The molecule has 1 fully saturated rings. The molecule has 1 saturated heterocycles. The Morgan fingerprint density at radius 2 is 2.10 bits per heavy atom. The standard InChI is InChI=1S/C21H24FN5O2S/c1-21(6-11-30-20(23)26-21)16-12-15(3-4-17(16)22)25-19(28)14-2-5-18(24-13-14)27-7-9-29-10-8-27/h2-5,12-13H,6-11H2,1H3,(H2,23,26)(H,25,28). The molecule has 2 aliphatic rings. The Kier molecular flexibility index (Phi) is 5.92. The summed E-state index contributed by atoms with van der Waals surface area (Å²) in [4.78, 5) is 23.7. The second-order valence-electron chi connectivity index (χ2n) is 7.48. The molecule has 30 heavy (non-hydrogen) atoms. The van der Waals surface area contributed by atoms with Crippen LogP contribution in [-0.2, 0) is 10.3 Å². The van der Waals surface area contributed by atoms with Crippen LogP contribution in [0, 0.1) is 5.82 Å². The number of hydrogen-bond acceptors (Lipinski definition) is 7. The molecule has 9 heteroatoms. The normalized spacial score (nSPS) is 21.8. The Morgan fingerprint density at radius 3 is 2.80 bits per heavy atom. The number of thioether (sulfide) groups is 1. The first-order valence-electron chi connectivity index (χ1n) is 9.83. The summed E-state index contributed by atoms with van der Waals surface area (Å²) in [7, 11) is 0. The maximum absolute atomic E-state index is 14.6. The third-order valence-electron chi connectivity index (χ3n) is 5.35. The molecule has 1 aromatic carbocycles. The Labute approximate surface area is 178 Å². The number of amidine groups is 1. The highest BCUT2D eigenvalue weighted by atomic mass is 32.2. The van der Waals surface area contributed by atoms with Crippen LogP contribution in [0.4, 0.5) is 15.9 Å². The molecule has 1 unspecified atom stereocenters. The number of nitrogens with zero attached hydrogens (tertiary/aromatic N) is 3. The second kappa shape index (κ2) is 8.61. The zero-order valence-electron chi connectivity index (χ0n) is 16.7. The third kappa shape index (κ3) is 4.41. The largest absolute Gasteiger partial charge is 0.379 e. The van der Waals surface area contributed by atoms with Crippen molar-refractivity contribution in [2.24, 2.45) is 10.7 Å². The number of halogens is 1. The van der Waals surface area contributed by atoms with Crippen molar-refractivity contribution in [1.82, 2.24) is 4.98 Å². The van der Waals surface area contributed by atoms with Crippen LogP contribution in [0.3, 0.4) is 0 Å². The van der Waals surface area contributed by atoms with E-state index in [1.807, 2.05) is 13.0 Å². The summed E-state index contributed by atoms with van der Waals surface area (Å²) in [5.74, 6) is 0.914. The summed E-state index contributed by atoms with van der Waals surface area (Å²) in [6.07, 6.45) is 2.22. The van der Waals surface area contributed by atoms with E-state index >= 15 is 0 Å². The van der Waals surface area contributed by atoms with E-state index in [0.29, 0.717) is 41.6 Å². The lowest BCUT2D eigenvalue weighted by atomic mass is 9.89. The maximum Gasteiger partial charge on any atom is 0.257 e. The summed E-state index contributed by atoms with van der Waals surface area (Å²) in [6.45, 7) is 4.76. The molecule has 2 aliphatic heterocycles. The van der Waals surface area contributed by atoms with Crippen LogP contribution >= 0.6 is 11.8 Å². The minimum Gasteiger partial charge on any atom is -0.379 e. The van der Waals surface area contributed by atoms with Gasteiger partial charge in [-0.25, -0.2) is 9.37 Å². The number of aliphatic imine (C=N–C) groups is 1. The Bertz CT molecular complexity index is 962. The molecule has 158 valence electrons. The summed E-state index contributed by atoms with van der Waals surface area (Å²) in [5.41, 5.74) is 6.47. The molecule has 0 bridgehead atoms. The van der Waals surface area contributed by atoms with Crippen molar-refractivity contribution in [3.63, 3.8) is 0 Å². The van der Waals surface area contributed by atoms with Crippen LogP contribution in [0.2, 0.25) is 0 Å². The van der Waals surface area contributed by atoms with Crippen molar-refractivity contribution in [2.75, 3.05) is 42.3 Å². The van der Waals surface area contributed by atoms with Crippen molar-refractivity contribution < 1.29 is 13.9 Å². The molecule has 7 nitrogen and oxygen atoms in total. The zero-order valence-corrected chi connectivity index (χ0v) is 17.5. The molecule has 3 N–H and O–H groups in total. The molecule has 1 amide bonds. The summed E-state index contributed by atoms with van der Waals surface area (Å²) < 4.78 is 19.9. The number of amides is 1. The van der Waals surface area contributed by atoms with E-state index in [0.717, 1.165) is 24.7 Å². The highest BCUT2D eigenvalue weighted by Crippen LogP contribution is 2.37. The molecular formula is C21H24FN5O2S. The average molecular weight is 430 g/mol. The monoisotopic (exact) mass is 429 g/mol. The van der Waals surface area contributed by atoms with Crippen LogP contribution in [-0.4, -0.2) is 48.1 Å². The average Bonchev–Trinajstić information content (AvgIpc) is 2.75. The predicted octanol–water partition coefficient (Wildman–Crippen LogP) is 2.98. The predicted molar refractivity (Wildman–Crippen MR) is 118 cm³/mol. The molecule has 3 heterocycles. The van der Waals surface area contributed by atoms with E-state index in [-0.39, 0.29) is 11.7 Å². The number of anilines is 2. The number of rotatable bonds is 4. The molecule has 1 atom stereocenters. The van der Waals surface area contributed by atoms with Crippen LogP contribution in [0.25, 0.3) is 0 Å². The first-order valence-corrected chi connectivity index (χ1v) is 10.8. The Balaban J connectivity index is 1.50. The number of pyridine rings is 1. The van der Waals surface area contributed by atoms with Gasteiger partial charge in [-0.3, -0.25) is 9.79 Å². The molecular weight excluding hydrogens is 405 g/mol. The number of carbonyl (C=O) groups excluding carboxylic acids is 1.